The van der Waals surface area contributed by atoms with E-state index in [4.69, 9.17) is 4.74 Å². The Bertz CT molecular complexity index is 455. The van der Waals surface area contributed by atoms with Crippen molar-refractivity contribution >= 4 is 17.3 Å². The van der Waals surface area contributed by atoms with Gasteiger partial charge in [0.15, 0.2) is 0 Å². The maximum absolute atomic E-state index is 12.0. The van der Waals surface area contributed by atoms with E-state index in [9.17, 15) is 4.79 Å². The Morgan fingerprint density at radius 1 is 1.00 bits per heavy atom. The quantitative estimate of drug-likeness (QED) is 0.816. The summed E-state index contributed by atoms with van der Waals surface area (Å²) in [5.41, 5.74) is 2.23. The number of ether oxygens (including phenoxy) is 1. The molecule has 0 N–H and O–H groups in total. The van der Waals surface area contributed by atoms with Gasteiger partial charge >= 0.3 is 0 Å². The highest BCUT2D eigenvalue weighted by molar-refractivity contribution is 5.94. The highest BCUT2D eigenvalue weighted by atomic mass is 16.5. The Morgan fingerprint density at radius 3 is 2.58 bits per heavy atom. The normalized spacial score (nSPS) is 20.7. The molecule has 3 rings (SSSR count). The molecule has 102 valence electrons. The van der Waals surface area contributed by atoms with Gasteiger partial charge in [0.25, 0.3) is 0 Å². The smallest absolute Gasteiger partial charge is 0.226 e. The number of morpholine rings is 1. The summed E-state index contributed by atoms with van der Waals surface area (Å²) in [7, 11) is 0. The fraction of sp³-hybridized carbons (Fsp3) is 0.533. The van der Waals surface area contributed by atoms with Gasteiger partial charge in [-0.2, -0.15) is 0 Å². The Morgan fingerprint density at radius 2 is 1.79 bits per heavy atom. The van der Waals surface area contributed by atoms with Crippen molar-refractivity contribution in [1.82, 2.24) is 0 Å². The summed E-state index contributed by atoms with van der Waals surface area (Å²) in [6.07, 6.45) is 2.81. The highest BCUT2D eigenvalue weighted by Crippen LogP contribution is 2.26. The van der Waals surface area contributed by atoms with Crippen LogP contribution in [0.15, 0.2) is 24.3 Å². The van der Waals surface area contributed by atoms with Gasteiger partial charge in [0.1, 0.15) is 0 Å². The lowest BCUT2D eigenvalue weighted by Gasteiger charge is -2.31. The van der Waals surface area contributed by atoms with Crippen LogP contribution in [-0.2, 0) is 9.53 Å². The Labute approximate surface area is 113 Å². The molecule has 0 radical (unpaired) electrons. The van der Waals surface area contributed by atoms with Crippen molar-refractivity contribution in [3.05, 3.63) is 24.3 Å². The molecule has 0 saturated carbocycles. The molecule has 0 atom stereocenters. The Kier molecular flexibility index (Phi) is 3.69. The summed E-state index contributed by atoms with van der Waals surface area (Å²) in [6.45, 7) is 4.28. The maximum Gasteiger partial charge on any atom is 0.226 e. The van der Waals surface area contributed by atoms with E-state index < -0.39 is 0 Å². The summed E-state index contributed by atoms with van der Waals surface area (Å²) >= 11 is 0. The first-order valence-electron chi connectivity index (χ1n) is 7.08. The van der Waals surface area contributed by atoms with Gasteiger partial charge in [-0.1, -0.05) is 6.07 Å². The molecule has 4 heteroatoms. The standard InChI is InChI=1S/C15H20N2O2/c18-15-6-1-2-7-17(15)14-5-3-4-13(12-14)16-8-10-19-11-9-16/h3-5,12H,1-2,6-11H2. The first-order chi connectivity index (χ1) is 9.34. The van der Waals surface area contributed by atoms with Crippen LogP contribution in [0.25, 0.3) is 0 Å². The minimum atomic E-state index is 0.255. The Balaban J connectivity index is 1.80. The average Bonchev–Trinajstić information content (AvgIpc) is 2.49. The number of rotatable bonds is 2. The van der Waals surface area contributed by atoms with Crippen LogP contribution in [0.4, 0.5) is 11.4 Å². The van der Waals surface area contributed by atoms with Gasteiger partial charge in [-0.3, -0.25) is 4.79 Å². The van der Waals surface area contributed by atoms with E-state index in [-0.39, 0.29) is 5.91 Å². The Hall–Kier alpha value is -1.55. The molecule has 0 aliphatic carbocycles. The minimum Gasteiger partial charge on any atom is -0.378 e. The second kappa shape index (κ2) is 5.61. The predicted molar refractivity (Wildman–Crippen MR) is 75.7 cm³/mol. The minimum absolute atomic E-state index is 0.255. The zero-order valence-corrected chi connectivity index (χ0v) is 11.2. The van der Waals surface area contributed by atoms with Crippen LogP contribution in [0.1, 0.15) is 19.3 Å². The van der Waals surface area contributed by atoms with Gasteiger partial charge in [0.05, 0.1) is 13.2 Å². The second-order valence-electron chi connectivity index (χ2n) is 5.12. The predicted octanol–water partition coefficient (Wildman–Crippen LogP) is 2.04. The zero-order valence-electron chi connectivity index (χ0n) is 11.2. The maximum atomic E-state index is 12.0. The third kappa shape index (κ3) is 2.73. The van der Waals surface area contributed by atoms with Crippen molar-refractivity contribution in [3.8, 4) is 0 Å². The molecule has 2 fully saturated rings. The van der Waals surface area contributed by atoms with Crippen LogP contribution in [0.3, 0.4) is 0 Å². The van der Waals surface area contributed by atoms with Crippen LogP contribution < -0.4 is 9.80 Å². The SMILES string of the molecule is O=C1CCCCN1c1cccc(N2CCOCC2)c1. The molecule has 19 heavy (non-hydrogen) atoms. The molecule has 2 heterocycles. The number of carbonyl (C=O) groups is 1. The largest absolute Gasteiger partial charge is 0.378 e. The van der Waals surface area contributed by atoms with E-state index in [1.165, 1.54) is 5.69 Å². The van der Waals surface area contributed by atoms with Crippen molar-refractivity contribution in [3.63, 3.8) is 0 Å². The summed E-state index contributed by atoms with van der Waals surface area (Å²) < 4.78 is 5.38. The highest BCUT2D eigenvalue weighted by Gasteiger charge is 2.20. The summed E-state index contributed by atoms with van der Waals surface area (Å²) in [5.74, 6) is 0.255. The molecule has 0 aromatic heterocycles. The van der Waals surface area contributed by atoms with Gasteiger partial charge in [-0.15, -0.1) is 0 Å². The summed E-state index contributed by atoms with van der Waals surface area (Å²) in [5, 5.41) is 0. The molecule has 2 aliphatic rings. The van der Waals surface area contributed by atoms with Crippen LogP contribution in [0, 0.1) is 0 Å². The molecule has 0 bridgehead atoms. The number of carbonyl (C=O) groups excluding carboxylic acids is 1. The van der Waals surface area contributed by atoms with E-state index >= 15 is 0 Å². The van der Waals surface area contributed by atoms with Gasteiger partial charge in [-0.25, -0.2) is 0 Å². The third-order valence-electron chi connectivity index (χ3n) is 3.84. The molecule has 0 unspecified atom stereocenters. The van der Waals surface area contributed by atoms with Crippen molar-refractivity contribution in [2.45, 2.75) is 19.3 Å². The molecular formula is C15H20N2O2. The van der Waals surface area contributed by atoms with Crippen molar-refractivity contribution < 1.29 is 9.53 Å². The molecule has 1 amide bonds. The number of benzene rings is 1. The first kappa shape index (κ1) is 12.5. The summed E-state index contributed by atoms with van der Waals surface area (Å²) in [4.78, 5) is 16.2. The van der Waals surface area contributed by atoms with Crippen molar-refractivity contribution in [1.29, 1.82) is 0 Å². The van der Waals surface area contributed by atoms with E-state index in [1.807, 2.05) is 17.0 Å². The molecule has 2 aliphatic heterocycles. The lowest BCUT2D eigenvalue weighted by atomic mass is 10.1. The molecule has 1 aromatic rings. The number of nitrogens with zero attached hydrogens (tertiary/aromatic N) is 2. The van der Waals surface area contributed by atoms with Crippen LogP contribution >= 0.6 is 0 Å². The molecule has 2 saturated heterocycles. The van der Waals surface area contributed by atoms with E-state index in [1.54, 1.807) is 0 Å². The van der Waals surface area contributed by atoms with Gasteiger partial charge in [0, 0.05) is 37.4 Å². The second-order valence-corrected chi connectivity index (χ2v) is 5.12. The number of hydrogen-bond acceptors (Lipinski definition) is 3. The molecule has 0 spiro atoms. The molecule has 4 nitrogen and oxygen atoms in total. The van der Waals surface area contributed by atoms with E-state index in [0.717, 1.165) is 51.4 Å². The fourth-order valence-electron chi connectivity index (χ4n) is 2.76. The van der Waals surface area contributed by atoms with Crippen LogP contribution in [-0.4, -0.2) is 38.8 Å². The number of amides is 1. The third-order valence-corrected chi connectivity index (χ3v) is 3.84. The number of piperidine rings is 1. The topological polar surface area (TPSA) is 32.8 Å². The fourth-order valence-corrected chi connectivity index (χ4v) is 2.76. The lowest BCUT2D eigenvalue weighted by molar-refractivity contribution is -0.119. The van der Waals surface area contributed by atoms with Crippen molar-refractivity contribution in [2.75, 3.05) is 42.6 Å². The first-order valence-corrected chi connectivity index (χ1v) is 7.08. The van der Waals surface area contributed by atoms with Gasteiger partial charge in [0.2, 0.25) is 5.91 Å². The van der Waals surface area contributed by atoms with E-state index in [2.05, 4.69) is 17.0 Å². The zero-order chi connectivity index (χ0) is 13.1. The monoisotopic (exact) mass is 260 g/mol. The molecular weight excluding hydrogens is 240 g/mol. The number of hydrogen-bond donors (Lipinski definition) is 0. The van der Waals surface area contributed by atoms with Crippen LogP contribution in [0.5, 0.6) is 0 Å². The molecule has 1 aromatic carbocycles. The average molecular weight is 260 g/mol. The van der Waals surface area contributed by atoms with Gasteiger partial charge in [-0.05, 0) is 31.0 Å². The van der Waals surface area contributed by atoms with Crippen molar-refractivity contribution in [2.24, 2.45) is 0 Å². The van der Waals surface area contributed by atoms with Crippen LogP contribution in [0.2, 0.25) is 0 Å². The number of anilines is 2. The lowest BCUT2D eigenvalue weighted by Crippen LogP contribution is -2.37. The summed E-state index contributed by atoms with van der Waals surface area (Å²) in [6, 6.07) is 8.33. The van der Waals surface area contributed by atoms with Gasteiger partial charge < -0.3 is 14.5 Å². The van der Waals surface area contributed by atoms with E-state index in [0.29, 0.717) is 6.42 Å².